The molecule has 0 bridgehead atoms. The molecule has 2 heterocycles. The molecule has 1 amide bonds. The number of rotatable bonds is 10. The highest BCUT2D eigenvalue weighted by Gasteiger charge is 2.38. The molecule has 1 aromatic heterocycles. The molecular formula is C26H30N4O6S. The number of aliphatic hydroxyl groups is 1. The van der Waals surface area contributed by atoms with Crippen molar-refractivity contribution >= 4 is 29.3 Å². The average Bonchev–Trinajstić information content (AvgIpc) is 3.31. The quantitative estimate of drug-likeness (QED) is 0.338. The lowest BCUT2D eigenvalue weighted by Crippen LogP contribution is -2.38. The Morgan fingerprint density at radius 3 is 2.57 bits per heavy atom. The van der Waals surface area contributed by atoms with E-state index in [0.29, 0.717) is 11.4 Å². The second-order valence-electron chi connectivity index (χ2n) is 8.92. The number of aliphatic hydroxyl groups excluding tert-OH is 1. The van der Waals surface area contributed by atoms with E-state index in [0.717, 1.165) is 21.8 Å². The van der Waals surface area contributed by atoms with Crippen LogP contribution in [0.1, 0.15) is 48.8 Å². The van der Waals surface area contributed by atoms with Crippen molar-refractivity contribution in [3.05, 3.63) is 71.5 Å². The van der Waals surface area contributed by atoms with Crippen molar-refractivity contribution < 1.29 is 29.3 Å². The summed E-state index contributed by atoms with van der Waals surface area (Å²) in [6, 6.07) is 14.9. The number of ether oxygens (including phenoxy) is 2. The zero-order valence-corrected chi connectivity index (χ0v) is 21.4. The summed E-state index contributed by atoms with van der Waals surface area (Å²) in [6.45, 7) is 2.05. The number of hydrogen-bond acceptors (Lipinski definition) is 8. The van der Waals surface area contributed by atoms with Crippen LogP contribution in [0.15, 0.2) is 60.0 Å². The molecule has 3 N–H and O–H groups in total. The fourth-order valence-corrected chi connectivity index (χ4v) is 5.13. The summed E-state index contributed by atoms with van der Waals surface area (Å²) in [6.07, 6.45) is 0.156. The summed E-state index contributed by atoms with van der Waals surface area (Å²) < 4.78 is 14.7. The van der Waals surface area contributed by atoms with Gasteiger partial charge in [0, 0.05) is 36.4 Å². The first kappa shape index (κ1) is 26.8. The molecule has 4 atom stereocenters. The largest absolute Gasteiger partial charge is 0.481 e. The minimum absolute atomic E-state index is 0.0101. The molecule has 10 nitrogen and oxygen atoms in total. The van der Waals surface area contributed by atoms with Gasteiger partial charge in [-0.3, -0.25) is 9.59 Å². The molecule has 0 unspecified atom stereocenters. The third-order valence-electron chi connectivity index (χ3n) is 6.18. The highest BCUT2D eigenvalue weighted by molar-refractivity contribution is 7.99. The molecule has 2 aromatic carbocycles. The van der Waals surface area contributed by atoms with E-state index in [4.69, 9.17) is 14.6 Å². The van der Waals surface area contributed by atoms with Crippen molar-refractivity contribution in [3.8, 4) is 0 Å². The second kappa shape index (κ2) is 12.3. The lowest BCUT2D eigenvalue weighted by atomic mass is 9.91. The monoisotopic (exact) mass is 526 g/mol. The number of nitrogens with zero attached hydrogens (tertiary/aromatic N) is 3. The number of carbonyl (C=O) groups excluding carboxylic acids is 1. The van der Waals surface area contributed by atoms with Crippen LogP contribution < -0.4 is 5.32 Å². The molecule has 37 heavy (non-hydrogen) atoms. The molecule has 3 aromatic rings. The van der Waals surface area contributed by atoms with Gasteiger partial charge in [-0.2, -0.15) is 0 Å². The Balaban J connectivity index is 1.55. The Morgan fingerprint density at radius 2 is 1.89 bits per heavy atom. The van der Waals surface area contributed by atoms with Gasteiger partial charge in [-0.15, -0.1) is 10.2 Å². The Kier molecular flexibility index (Phi) is 8.93. The van der Waals surface area contributed by atoms with E-state index >= 15 is 0 Å². The van der Waals surface area contributed by atoms with E-state index in [-0.39, 0.29) is 43.5 Å². The third-order valence-corrected chi connectivity index (χ3v) is 7.30. The minimum Gasteiger partial charge on any atom is -0.481 e. The SMILES string of the molecule is C[C@@H]1[C@H](CSc2nncn2C)O[C@H](c2cccc(NC(=O)CCC(=O)O)c2)O[C@@H]1c1ccc(CO)cc1. The number of thioether (sulfide) groups is 1. The summed E-state index contributed by atoms with van der Waals surface area (Å²) in [5.41, 5.74) is 3.06. The normalized spacial score (nSPS) is 21.5. The van der Waals surface area contributed by atoms with Crippen LogP contribution in [0.2, 0.25) is 0 Å². The van der Waals surface area contributed by atoms with Gasteiger partial charge in [-0.25, -0.2) is 0 Å². The number of hydrogen-bond donors (Lipinski definition) is 3. The fraction of sp³-hybridized carbons (Fsp3) is 0.385. The summed E-state index contributed by atoms with van der Waals surface area (Å²) in [4.78, 5) is 22.9. The lowest BCUT2D eigenvalue weighted by Gasteiger charge is -2.41. The standard InChI is InChI=1S/C26H30N4O6S/c1-16-21(14-37-26-29-27-15-30(26)2)35-25(36-24(16)18-8-6-17(13-31)7-9-18)19-4-3-5-20(12-19)28-22(32)10-11-23(33)34/h3-9,12,15-16,21,24-25,31H,10-11,13-14H2,1-2H3,(H,28,32)(H,33,34)/t16-,21+,24+,25+/m1/s1. The van der Waals surface area contributed by atoms with Gasteiger partial charge in [0.25, 0.3) is 0 Å². The van der Waals surface area contributed by atoms with Gasteiger partial charge in [-0.05, 0) is 23.3 Å². The molecule has 0 saturated carbocycles. The second-order valence-corrected chi connectivity index (χ2v) is 9.91. The Hall–Kier alpha value is -3.25. The molecule has 0 radical (unpaired) electrons. The van der Waals surface area contributed by atoms with Gasteiger partial charge in [0.1, 0.15) is 6.33 Å². The zero-order chi connectivity index (χ0) is 26.4. The topological polar surface area (TPSA) is 136 Å². The number of aromatic nitrogens is 3. The number of nitrogens with one attached hydrogen (secondary N) is 1. The molecule has 196 valence electrons. The first-order valence-corrected chi connectivity index (χ1v) is 12.9. The Labute approximate surface area is 219 Å². The van der Waals surface area contributed by atoms with E-state index in [9.17, 15) is 14.7 Å². The molecule has 1 aliphatic rings. The maximum absolute atomic E-state index is 12.1. The van der Waals surface area contributed by atoms with E-state index in [1.54, 1.807) is 36.3 Å². The maximum atomic E-state index is 12.1. The van der Waals surface area contributed by atoms with Crippen molar-refractivity contribution in [2.45, 2.75) is 50.0 Å². The maximum Gasteiger partial charge on any atom is 0.303 e. The van der Waals surface area contributed by atoms with Gasteiger partial charge in [-0.1, -0.05) is 55.1 Å². The van der Waals surface area contributed by atoms with Crippen molar-refractivity contribution in [2.75, 3.05) is 11.1 Å². The van der Waals surface area contributed by atoms with Crippen LogP contribution in [0.5, 0.6) is 0 Å². The Morgan fingerprint density at radius 1 is 1.11 bits per heavy atom. The molecule has 1 saturated heterocycles. The van der Waals surface area contributed by atoms with Crippen LogP contribution in [0.25, 0.3) is 0 Å². The van der Waals surface area contributed by atoms with E-state index in [2.05, 4.69) is 22.4 Å². The number of carboxylic acids is 1. The molecule has 1 fully saturated rings. The van der Waals surface area contributed by atoms with Crippen LogP contribution in [0, 0.1) is 5.92 Å². The fourth-order valence-electron chi connectivity index (χ4n) is 4.08. The lowest BCUT2D eigenvalue weighted by molar-refractivity contribution is -0.268. The molecule has 0 spiro atoms. The van der Waals surface area contributed by atoms with Crippen LogP contribution in [0.3, 0.4) is 0 Å². The van der Waals surface area contributed by atoms with Gasteiger partial charge in [0.15, 0.2) is 11.4 Å². The summed E-state index contributed by atoms with van der Waals surface area (Å²) >= 11 is 1.55. The molecule has 0 aliphatic carbocycles. The van der Waals surface area contributed by atoms with E-state index < -0.39 is 12.3 Å². The first-order chi connectivity index (χ1) is 17.8. The van der Waals surface area contributed by atoms with Crippen LogP contribution in [-0.2, 0) is 32.7 Å². The number of carboxylic acid groups (broad SMARTS) is 1. The van der Waals surface area contributed by atoms with Crippen molar-refractivity contribution in [1.82, 2.24) is 14.8 Å². The zero-order valence-electron chi connectivity index (χ0n) is 20.6. The van der Waals surface area contributed by atoms with Crippen molar-refractivity contribution in [2.24, 2.45) is 13.0 Å². The van der Waals surface area contributed by atoms with Gasteiger partial charge < -0.3 is 29.6 Å². The van der Waals surface area contributed by atoms with E-state index in [1.807, 2.05) is 41.9 Å². The summed E-state index contributed by atoms with van der Waals surface area (Å²) in [5.74, 6) is -0.760. The number of carbonyl (C=O) groups is 2. The van der Waals surface area contributed by atoms with Crippen molar-refractivity contribution in [1.29, 1.82) is 0 Å². The predicted octanol–water partition coefficient (Wildman–Crippen LogP) is 3.69. The number of amides is 1. The highest BCUT2D eigenvalue weighted by atomic mass is 32.2. The predicted molar refractivity (Wildman–Crippen MR) is 137 cm³/mol. The smallest absolute Gasteiger partial charge is 0.303 e. The number of aliphatic carboxylic acids is 1. The number of benzene rings is 2. The molecule has 1 aliphatic heterocycles. The van der Waals surface area contributed by atoms with Crippen LogP contribution in [-0.4, -0.2) is 48.7 Å². The Bertz CT molecular complexity index is 1220. The molecule has 11 heteroatoms. The first-order valence-electron chi connectivity index (χ1n) is 11.9. The van der Waals surface area contributed by atoms with Crippen LogP contribution in [0.4, 0.5) is 5.69 Å². The minimum atomic E-state index is -1.02. The van der Waals surface area contributed by atoms with Gasteiger partial charge in [0.2, 0.25) is 5.91 Å². The third kappa shape index (κ3) is 6.95. The van der Waals surface area contributed by atoms with Gasteiger partial charge in [0.05, 0.1) is 25.2 Å². The summed E-state index contributed by atoms with van der Waals surface area (Å²) in [7, 11) is 1.89. The molecular weight excluding hydrogens is 496 g/mol. The summed E-state index contributed by atoms with van der Waals surface area (Å²) in [5, 5.41) is 29.9. The van der Waals surface area contributed by atoms with Gasteiger partial charge >= 0.3 is 5.97 Å². The van der Waals surface area contributed by atoms with E-state index in [1.165, 1.54) is 0 Å². The molecule has 4 rings (SSSR count). The number of anilines is 1. The average molecular weight is 527 g/mol. The van der Waals surface area contributed by atoms with Crippen molar-refractivity contribution in [3.63, 3.8) is 0 Å². The van der Waals surface area contributed by atoms with Crippen LogP contribution >= 0.6 is 11.8 Å². The highest BCUT2D eigenvalue weighted by Crippen LogP contribution is 2.43. The number of aryl methyl sites for hydroxylation is 1.